The lowest BCUT2D eigenvalue weighted by Gasteiger charge is -2.14. The normalized spacial score (nSPS) is 11.7. The zero-order chi connectivity index (χ0) is 25.9. The molecule has 0 aliphatic heterocycles. The summed E-state index contributed by atoms with van der Waals surface area (Å²) in [4.78, 5) is 51.0. The first-order valence-electron chi connectivity index (χ1n) is 12.3. The van der Waals surface area contributed by atoms with Gasteiger partial charge in [-0.05, 0) is 56.9 Å². The van der Waals surface area contributed by atoms with Crippen LogP contribution in [0.25, 0.3) is 11.2 Å². The van der Waals surface area contributed by atoms with Gasteiger partial charge in [-0.2, -0.15) is 4.98 Å². The van der Waals surface area contributed by atoms with E-state index in [1.807, 2.05) is 19.1 Å². The number of fused-ring (bicyclic) bond motifs is 1. The van der Waals surface area contributed by atoms with Crippen LogP contribution >= 0.6 is 0 Å². The SMILES string of the molecule is CCCCC(=O)NCCCC[C@@H](C)NC(=O)c1ccc(NCc2cnc3nc(N)[nH]c(=O)c3n2)cc1. The van der Waals surface area contributed by atoms with E-state index in [2.05, 4.69) is 42.8 Å². The summed E-state index contributed by atoms with van der Waals surface area (Å²) in [6, 6.07) is 7.15. The number of aromatic amines is 1. The van der Waals surface area contributed by atoms with Crippen LogP contribution in [-0.4, -0.2) is 44.3 Å². The number of nitrogens with two attached hydrogens (primary N) is 1. The molecule has 2 heterocycles. The van der Waals surface area contributed by atoms with Crippen LogP contribution < -0.4 is 27.2 Å². The van der Waals surface area contributed by atoms with Gasteiger partial charge >= 0.3 is 0 Å². The number of carbonyl (C=O) groups is 2. The molecular weight excluding hydrogens is 460 g/mol. The van der Waals surface area contributed by atoms with Gasteiger partial charge in [0.05, 0.1) is 18.4 Å². The van der Waals surface area contributed by atoms with E-state index in [0.717, 1.165) is 37.8 Å². The number of hydrogen-bond donors (Lipinski definition) is 5. The lowest BCUT2D eigenvalue weighted by molar-refractivity contribution is -0.121. The zero-order valence-corrected chi connectivity index (χ0v) is 20.8. The van der Waals surface area contributed by atoms with Crippen LogP contribution in [0.1, 0.15) is 68.4 Å². The summed E-state index contributed by atoms with van der Waals surface area (Å²) in [5.41, 5.74) is 7.33. The predicted molar refractivity (Wildman–Crippen MR) is 139 cm³/mol. The highest BCUT2D eigenvalue weighted by Crippen LogP contribution is 2.12. The molecule has 2 aromatic heterocycles. The van der Waals surface area contributed by atoms with Gasteiger partial charge in [-0.1, -0.05) is 13.3 Å². The number of aromatic nitrogens is 4. The zero-order valence-electron chi connectivity index (χ0n) is 20.8. The topological polar surface area (TPSA) is 168 Å². The molecule has 0 saturated heterocycles. The minimum Gasteiger partial charge on any atom is -0.379 e. The summed E-state index contributed by atoms with van der Waals surface area (Å²) >= 11 is 0. The molecule has 0 aliphatic rings. The smallest absolute Gasteiger partial charge is 0.280 e. The molecule has 0 saturated carbocycles. The molecule has 3 rings (SSSR count). The first kappa shape index (κ1) is 26.6. The lowest BCUT2D eigenvalue weighted by Crippen LogP contribution is -2.32. The minimum absolute atomic E-state index is 0.00523. The number of nitrogens with zero attached hydrogens (tertiary/aromatic N) is 3. The fourth-order valence-electron chi connectivity index (χ4n) is 3.60. The molecule has 11 nitrogen and oxygen atoms in total. The number of nitrogen functional groups attached to an aromatic ring is 1. The van der Waals surface area contributed by atoms with Crippen LogP contribution in [0.15, 0.2) is 35.3 Å². The van der Waals surface area contributed by atoms with Gasteiger partial charge in [0.25, 0.3) is 11.5 Å². The van der Waals surface area contributed by atoms with E-state index < -0.39 is 5.56 Å². The van der Waals surface area contributed by atoms with Gasteiger partial charge in [-0.15, -0.1) is 0 Å². The van der Waals surface area contributed by atoms with Crippen LogP contribution in [0.5, 0.6) is 0 Å². The van der Waals surface area contributed by atoms with Crippen molar-refractivity contribution in [2.24, 2.45) is 0 Å². The molecule has 36 heavy (non-hydrogen) atoms. The van der Waals surface area contributed by atoms with Gasteiger partial charge in [0.15, 0.2) is 11.2 Å². The fraction of sp³-hybridized carbons (Fsp3) is 0.440. The molecule has 2 amide bonds. The van der Waals surface area contributed by atoms with Gasteiger partial charge in [-0.25, -0.2) is 9.97 Å². The van der Waals surface area contributed by atoms with Crippen molar-refractivity contribution < 1.29 is 9.59 Å². The number of nitrogens with one attached hydrogen (secondary N) is 4. The second-order valence-electron chi connectivity index (χ2n) is 8.74. The summed E-state index contributed by atoms with van der Waals surface area (Å²) in [5.74, 6) is -0.0258. The van der Waals surface area contributed by atoms with Gasteiger partial charge in [0.2, 0.25) is 11.9 Å². The van der Waals surface area contributed by atoms with Crippen molar-refractivity contribution in [2.45, 2.75) is 65.0 Å². The number of amides is 2. The summed E-state index contributed by atoms with van der Waals surface area (Å²) in [6.45, 7) is 5.06. The molecule has 0 bridgehead atoms. The highest BCUT2D eigenvalue weighted by atomic mass is 16.2. The van der Waals surface area contributed by atoms with Gasteiger partial charge in [0, 0.05) is 30.3 Å². The molecule has 0 radical (unpaired) electrons. The van der Waals surface area contributed by atoms with Crippen molar-refractivity contribution in [1.29, 1.82) is 0 Å². The number of hydrogen-bond acceptors (Lipinski definition) is 8. The van der Waals surface area contributed by atoms with E-state index in [1.165, 1.54) is 6.20 Å². The molecular formula is C25H34N8O3. The van der Waals surface area contributed by atoms with Crippen molar-refractivity contribution in [3.8, 4) is 0 Å². The number of carbonyl (C=O) groups excluding carboxylic acids is 2. The molecule has 0 unspecified atom stereocenters. The van der Waals surface area contributed by atoms with Crippen LogP contribution in [0, 0.1) is 0 Å². The second kappa shape index (κ2) is 13.2. The van der Waals surface area contributed by atoms with Crippen molar-refractivity contribution in [1.82, 2.24) is 30.6 Å². The highest BCUT2D eigenvalue weighted by Gasteiger charge is 2.11. The van der Waals surface area contributed by atoms with E-state index >= 15 is 0 Å². The highest BCUT2D eigenvalue weighted by molar-refractivity contribution is 5.94. The predicted octanol–water partition coefficient (Wildman–Crippen LogP) is 2.50. The molecule has 11 heteroatoms. The van der Waals surface area contributed by atoms with E-state index in [0.29, 0.717) is 30.8 Å². The van der Waals surface area contributed by atoms with Crippen molar-refractivity contribution in [3.05, 3.63) is 52.1 Å². The summed E-state index contributed by atoms with van der Waals surface area (Å²) in [5, 5.41) is 9.15. The maximum Gasteiger partial charge on any atom is 0.280 e. The van der Waals surface area contributed by atoms with Gasteiger partial charge in [0.1, 0.15) is 0 Å². The molecule has 0 spiro atoms. The Morgan fingerprint density at radius 2 is 1.89 bits per heavy atom. The van der Waals surface area contributed by atoms with Crippen LogP contribution in [0.4, 0.5) is 11.6 Å². The standard InChI is InChI=1S/C25H34N8O3/c1-3-4-8-20(34)27-13-6-5-7-16(2)30-23(35)17-9-11-18(12-10-17)28-14-19-15-29-22-21(31-19)24(36)33-25(26)32-22/h9-12,15-16,28H,3-8,13-14H2,1-2H3,(H,27,34)(H,30,35)(H3,26,29,32,33,36)/t16-/m1/s1. The Morgan fingerprint density at radius 1 is 1.11 bits per heavy atom. The maximum absolute atomic E-state index is 12.6. The third-order valence-electron chi connectivity index (χ3n) is 5.63. The molecule has 0 fully saturated rings. The van der Waals surface area contributed by atoms with Crippen LogP contribution in [-0.2, 0) is 11.3 Å². The number of unbranched alkanes of at least 4 members (excludes halogenated alkanes) is 2. The average Bonchev–Trinajstić information content (AvgIpc) is 2.86. The van der Waals surface area contributed by atoms with Crippen molar-refractivity contribution in [2.75, 3.05) is 17.6 Å². The van der Waals surface area contributed by atoms with E-state index in [9.17, 15) is 14.4 Å². The fourth-order valence-corrected chi connectivity index (χ4v) is 3.60. The Hall–Kier alpha value is -4.02. The van der Waals surface area contributed by atoms with Gasteiger partial charge in [-0.3, -0.25) is 19.4 Å². The number of H-pyrrole nitrogens is 1. The Kier molecular flexibility index (Phi) is 9.73. The van der Waals surface area contributed by atoms with Gasteiger partial charge < -0.3 is 21.7 Å². The Morgan fingerprint density at radius 3 is 2.64 bits per heavy atom. The van der Waals surface area contributed by atoms with E-state index in [1.54, 1.807) is 12.1 Å². The van der Waals surface area contributed by atoms with E-state index in [4.69, 9.17) is 5.73 Å². The van der Waals surface area contributed by atoms with Crippen molar-refractivity contribution in [3.63, 3.8) is 0 Å². The minimum atomic E-state index is -0.439. The summed E-state index contributed by atoms with van der Waals surface area (Å²) in [6.07, 6.45) is 6.70. The second-order valence-corrected chi connectivity index (χ2v) is 8.74. The number of rotatable bonds is 13. The molecule has 192 valence electrons. The van der Waals surface area contributed by atoms with E-state index in [-0.39, 0.29) is 35.0 Å². The average molecular weight is 495 g/mol. The summed E-state index contributed by atoms with van der Waals surface area (Å²) in [7, 11) is 0. The first-order valence-corrected chi connectivity index (χ1v) is 12.3. The third kappa shape index (κ3) is 8.03. The Labute approximate surface area is 209 Å². The monoisotopic (exact) mass is 494 g/mol. The molecule has 0 aliphatic carbocycles. The largest absolute Gasteiger partial charge is 0.379 e. The Bertz CT molecular complexity index is 1230. The Balaban J connectivity index is 1.41. The third-order valence-corrected chi connectivity index (χ3v) is 5.63. The summed E-state index contributed by atoms with van der Waals surface area (Å²) < 4.78 is 0. The quantitative estimate of drug-likeness (QED) is 0.226. The molecule has 1 atom stereocenters. The number of benzene rings is 1. The molecule has 3 aromatic rings. The number of anilines is 2. The maximum atomic E-state index is 12.6. The first-order chi connectivity index (χ1) is 17.4. The van der Waals surface area contributed by atoms with Crippen LogP contribution in [0.3, 0.4) is 0 Å². The lowest BCUT2D eigenvalue weighted by atomic mass is 10.1. The molecule has 1 aromatic carbocycles. The van der Waals surface area contributed by atoms with Crippen molar-refractivity contribution >= 4 is 34.6 Å². The molecule has 6 N–H and O–H groups in total. The van der Waals surface area contributed by atoms with Crippen LogP contribution in [0.2, 0.25) is 0 Å².